The van der Waals surface area contributed by atoms with Crippen LogP contribution in [0, 0.1) is 0 Å². The van der Waals surface area contributed by atoms with Crippen LogP contribution in [0.25, 0.3) is 11.4 Å². The van der Waals surface area contributed by atoms with Gasteiger partial charge in [-0.05, 0) is 48.5 Å². The maximum absolute atomic E-state index is 12.9. The Balaban J connectivity index is 1.31. The molecule has 2 N–H and O–H groups in total. The van der Waals surface area contributed by atoms with Gasteiger partial charge in [0.2, 0.25) is 5.91 Å². The first-order valence-corrected chi connectivity index (χ1v) is 12.3. The van der Waals surface area contributed by atoms with Gasteiger partial charge in [0.15, 0.2) is 11.0 Å². The number of hydrogen-bond donors (Lipinski definition) is 2. The van der Waals surface area contributed by atoms with Gasteiger partial charge in [-0.2, -0.15) is 0 Å². The van der Waals surface area contributed by atoms with Gasteiger partial charge >= 0.3 is 0 Å². The molecule has 0 radical (unpaired) electrons. The van der Waals surface area contributed by atoms with Gasteiger partial charge in [0.1, 0.15) is 11.5 Å². The van der Waals surface area contributed by atoms with E-state index >= 15 is 0 Å². The van der Waals surface area contributed by atoms with Gasteiger partial charge in [-0.3, -0.25) is 9.36 Å². The lowest BCUT2D eigenvalue weighted by molar-refractivity contribution is -0.113. The number of ether oxygens (including phenoxy) is 1. The molecule has 0 unspecified atom stereocenters. The van der Waals surface area contributed by atoms with Crippen LogP contribution in [0.3, 0.4) is 0 Å². The molecule has 1 aliphatic rings. The lowest BCUT2D eigenvalue weighted by Gasteiger charge is -2.30. The Hall–Kier alpha value is -3.76. The lowest BCUT2D eigenvalue weighted by atomic mass is 10.2. The number of rotatable bonds is 8. The highest BCUT2D eigenvalue weighted by Crippen LogP contribution is 2.29. The van der Waals surface area contributed by atoms with Gasteiger partial charge in [-0.15, -0.1) is 10.2 Å². The van der Waals surface area contributed by atoms with Gasteiger partial charge in [-0.25, -0.2) is 0 Å². The van der Waals surface area contributed by atoms with Crippen molar-refractivity contribution in [1.82, 2.24) is 14.8 Å². The first-order valence-electron chi connectivity index (χ1n) is 11.3. The second-order valence-electron chi connectivity index (χ2n) is 7.97. The van der Waals surface area contributed by atoms with Crippen LogP contribution in [0.2, 0.25) is 0 Å². The molecule has 10 heteroatoms. The van der Waals surface area contributed by atoms with Crippen molar-refractivity contribution in [3.63, 3.8) is 0 Å². The van der Waals surface area contributed by atoms with E-state index in [1.807, 2.05) is 41.0 Å². The number of aromatic nitrogens is 3. The van der Waals surface area contributed by atoms with E-state index in [-0.39, 0.29) is 17.4 Å². The molecule has 0 aliphatic carbocycles. The number of nitrogens with one attached hydrogen (secondary N) is 1. The normalized spacial score (nSPS) is 13.7. The number of phenols is 1. The number of anilines is 2. The van der Waals surface area contributed by atoms with E-state index in [0.717, 1.165) is 35.8 Å². The van der Waals surface area contributed by atoms with E-state index < -0.39 is 0 Å². The highest BCUT2D eigenvalue weighted by atomic mass is 32.2. The van der Waals surface area contributed by atoms with Crippen LogP contribution in [0.4, 0.5) is 11.4 Å². The fourth-order valence-corrected chi connectivity index (χ4v) is 4.63. The van der Waals surface area contributed by atoms with Gasteiger partial charge < -0.3 is 24.5 Å². The Kier molecular flexibility index (Phi) is 7.01. The number of furan rings is 1. The second-order valence-corrected chi connectivity index (χ2v) is 8.91. The number of thioether (sulfide) groups is 1. The molecule has 5 rings (SSSR count). The van der Waals surface area contributed by atoms with E-state index in [1.165, 1.54) is 11.8 Å². The molecule has 0 spiro atoms. The van der Waals surface area contributed by atoms with E-state index in [1.54, 1.807) is 30.5 Å². The number of morpholine rings is 1. The fraction of sp³-hybridized carbons (Fsp3) is 0.240. The van der Waals surface area contributed by atoms with Crippen LogP contribution >= 0.6 is 11.8 Å². The van der Waals surface area contributed by atoms with Crippen molar-refractivity contribution in [1.29, 1.82) is 0 Å². The van der Waals surface area contributed by atoms with Crippen molar-refractivity contribution in [2.24, 2.45) is 0 Å². The Morgan fingerprint density at radius 1 is 1.03 bits per heavy atom. The third kappa shape index (κ3) is 5.50. The van der Waals surface area contributed by atoms with Gasteiger partial charge in [0.25, 0.3) is 0 Å². The number of nitrogens with zero attached hydrogens (tertiary/aromatic N) is 4. The summed E-state index contributed by atoms with van der Waals surface area (Å²) in [7, 11) is 0. The summed E-state index contributed by atoms with van der Waals surface area (Å²) in [5.74, 6) is 1.59. The van der Waals surface area contributed by atoms with Gasteiger partial charge in [0, 0.05) is 18.7 Å². The van der Waals surface area contributed by atoms with Crippen LogP contribution in [0.15, 0.2) is 76.5 Å². The SMILES string of the molecule is O=C(CSc1nnc(-c2ccc(O)cc2)n1Cc1ccco1)Nc1ccccc1N1CCOCC1. The van der Waals surface area contributed by atoms with Crippen molar-refractivity contribution >= 4 is 29.0 Å². The third-order valence-corrected chi connectivity index (χ3v) is 6.57. The minimum absolute atomic E-state index is 0.130. The third-order valence-electron chi connectivity index (χ3n) is 5.60. The van der Waals surface area contributed by atoms with Gasteiger partial charge in [0.05, 0.1) is 43.1 Å². The predicted octanol–water partition coefficient (Wildman–Crippen LogP) is 3.86. The number of para-hydroxylation sites is 2. The Morgan fingerprint density at radius 3 is 2.60 bits per heavy atom. The smallest absolute Gasteiger partial charge is 0.234 e. The molecule has 1 fully saturated rings. The minimum Gasteiger partial charge on any atom is -0.508 e. The monoisotopic (exact) mass is 491 g/mol. The van der Waals surface area contributed by atoms with Crippen LogP contribution < -0.4 is 10.2 Å². The molecule has 9 nitrogen and oxygen atoms in total. The number of benzene rings is 2. The maximum atomic E-state index is 12.9. The molecule has 2 aromatic carbocycles. The van der Waals surface area contributed by atoms with Crippen molar-refractivity contribution in [2.75, 3.05) is 42.3 Å². The molecule has 0 atom stereocenters. The van der Waals surface area contributed by atoms with E-state index in [0.29, 0.717) is 30.7 Å². The van der Waals surface area contributed by atoms with Crippen molar-refractivity contribution in [3.05, 3.63) is 72.7 Å². The maximum Gasteiger partial charge on any atom is 0.234 e. The van der Waals surface area contributed by atoms with Crippen LogP contribution in [0.5, 0.6) is 5.75 Å². The summed E-state index contributed by atoms with van der Waals surface area (Å²) < 4.78 is 12.9. The first kappa shape index (κ1) is 23.0. The highest BCUT2D eigenvalue weighted by Gasteiger charge is 2.19. The summed E-state index contributed by atoms with van der Waals surface area (Å²) in [6.45, 7) is 3.34. The minimum atomic E-state index is -0.130. The first-order chi connectivity index (χ1) is 17.2. The molecular weight excluding hydrogens is 466 g/mol. The average Bonchev–Trinajstić information content (AvgIpc) is 3.55. The number of carbonyl (C=O) groups excluding carboxylic acids is 1. The largest absolute Gasteiger partial charge is 0.508 e. The zero-order valence-corrected chi connectivity index (χ0v) is 19.8. The Bertz CT molecular complexity index is 1270. The molecule has 35 heavy (non-hydrogen) atoms. The molecular formula is C25H25N5O4S. The lowest BCUT2D eigenvalue weighted by Crippen LogP contribution is -2.36. The van der Waals surface area contributed by atoms with Crippen LogP contribution in [-0.4, -0.2) is 57.8 Å². The number of hydrogen-bond acceptors (Lipinski definition) is 8. The summed E-state index contributed by atoms with van der Waals surface area (Å²) in [4.78, 5) is 15.1. The highest BCUT2D eigenvalue weighted by molar-refractivity contribution is 7.99. The molecule has 3 heterocycles. The van der Waals surface area contributed by atoms with Crippen molar-refractivity contribution in [3.8, 4) is 17.1 Å². The molecule has 180 valence electrons. The average molecular weight is 492 g/mol. The summed E-state index contributed by atoms with van der Waals surface area (Å²) in [6.07, 6.45) is 1.62. The molecule has 1 saturated heterocycles. The topological polar surface area (TPSA) is 106 Å². The predicted molar refractivity (Wildman–Crippen MR) is 134 cm³/mol. The number of amides is 1. The van der Waals surface area contributed by atoms with E-state index in [2.05, 4.69) is 20.4 Å². The zero-order valence-electron chi connectivity index (χ0n) is 19.0. The van der Waals surface area contributed by atoms with E-state index in [9.17, 15) is 9.90 Å². The summed E-state index contributed by atoms with van der Waals surface area (Å²) in [5, 5.41) is 22.0. The Labute approximate surface area is 206 Å². The summed E-state index contributed by atoms with van der Waals surface area (Å²) in [6, 6.07) is 18.3. The van der Waals surface area contributed by atoms with Crippen molar-refractivity contribution < 1.29 is 19.1 Å². The molecule has 1 amide bonds. The number of phenolic OH excluding ortho intramolecular Hbond substituents is 1. The van der Waals surface area contributed by atoms with Crippen molar-refractivity contribution in [2.45, 2.75) is 11.7 Å². The second kappa shape index (κ2) is 10.7. The molecule has 0 bridgehead atoms. The van der Waals surface area contributed by atoms with Gasteiger partial charge in [-0.1, -0.05) is 23.9 Å². The molecule has 2 aromatic heterocycles. The quantitative estimate of drug-likeness (QED) is 0.358. The molecule has 1 aliphatic heterocycles. The van der Waals surface area contributed by atoms with Crippen LogP contribution in [0.1, 0.15) is 5.76 Å². The summed E-state index contributed by atoms with van der Waals surface area (Å²) >= 11 is 1.31. The van der Waals surface area contributed by atoms with Crippen LogP contribution in [-0.2, 0) is 16.1 Å². The zero-order chi connectivity index (χ0) is 24.0. The standard InChI is InChI=1S/C25H25N5O4S/c31-19-9-7-18(8-10-19)24-27-28-25(30(24)16-20-4-3-13-34-20)35-17-23(32)26-21-5-1-2-6-22(21)29-11-14-33-15-12-29/h1-10,13,31H,11-12,14-17H2,(H,26,32). The summed E-state index contributed by atoms with van der Waals surface area (Å²) in [5.41, 5.74) is 2.57. The molecule has 4 aromatic rings. The molecule has 0 saturated carbocycles. The number of carbonyl (C=O) groups is 1. The Morgan fingerprint density at radius 2 is 1.83 bits per heavy atom. The fourth-order valence-electron chi connectivity index (χ4n) is 3.90. The number of aromatic hydroxyl groups is 1. The van der Waals surface area contributed by atoms with E-state index in [4.69, 9.17) is 9.15 Å².